The number of nitrogens with one attached hydrogen (secondary N) is 3. The average Bonchev–Trinajstić information content (AvgIpc) is 3.42. The van der Waals surface area contributed by atoms with E-state index in [0.29, 0.717) is 75.9 Å². The highest BCUT2D eigenvalue weighted by molar-refractivity contribution is 6.30. The van der Waals surface area contributed by atoms with Gasteiger partial charge in [-0.05, 0) is 133 Å². The number of halogens is 4. The van der Waals surface area contributed by atoms with Gasteiger partial charge in [0.05, 0.1) is 64.6 Å². The molecule has 2 aliphatic rings. The Morgan fingerprint density at radius 3 is 1.45 bits per heavy atom. The Labute approximate surface area is 420 Å². The summed E-state index contributed by atoms with van der Waals surface area (Å²) in [6, 6.07) is 30.1. The Kier molecular flexibility index (Phi) is 13.6. The van der Waals surface area contributed by atoms with Gasteiger partial charge in [-0.25, -0.2) is 19.6 Å². The Bertz CT molecular complexity index is 3360. The smallest absolute Gasteiger partial charge is 0.378 e. The first-order valence-electron chi connectivity index (χ1n) is 23.1. The molecule has 2 aromatic heterocycles. The van der Waals surface area contributed by atoms with E-state index in [4.69, 9.17) is 26.3 Å². The number of ketones is 2. The maximum absolute atomic E-state index is 14.7. The van der Waals surface area contributed by atoms with Crippen molar-refractivity contribution in [3.8, 4) is 0 Å². The van der Waals surface area contributed by atoms with E-state index in [2.05, 4.69) is 35.7 Å². The Hall–Kier alpha value is -8.52. The van der Waals surface area contributed by atoms with Gasteiger partial charge in [0, 0.05) is 77.9 Å². The normalized spacial score (nSPS) is 13.9. The molecule has 0 atom stereocenters. The minimum absolute atomic E-state index is 0.0128. The van der Waals surface area contributed by atoms with Crippen LogP contribution >= 0.6 is 11.6 Å². The van der Waals surface area contributed by atoms with Gasteiger partial charge in [-0.1, -0.05) is 11.6 Å². The van der Waals surface area contributed by atoms with Crippen LogP contribution in [-0.2, 0) is 10.9 Å². The molecule has 10 rings (SSSR count). The van der Waals surface area contributed by atoms with Crippen LogP contribution in [-0.4, -0.2) is 96.0 Å². The van der Waals surface area contributed by atoms with Crippen LogP contribution in [0.25, 0.3) is 22.1 Å². The average molecular weight is 1010 g/mol. The first-order chi connectivity index (χ1) is 35.3. The summed E-state index contributed by atoms with van der Waals surface area (Å²) in [5, 5.41) is 11.0. The number of piperazine rings is 1. The highest BCUT2D eigenvalue weighted by atomic mass is 35.5. The minimum Gasteiger partial charge on any atom is -0.378 e. The molecule has 0 aliphatic carbocycles. The van der Waals surface area contributed by atoms with Crippen molar-refractivity contribution in [2.75, 3.05) is 82.9 Å². The van der Waals surface area contributed by atoms with Gasteiger partial charge in [0.15, 0.2) is 11.6 Å². The van der Waals surface area contributed by atoms with E-state index in [1.54, 1.807) is 60.9 Å². The summed E-state index contributed by atoms with van der Waals surface area (Å²) in [6.07, 6.45) is -1.21. The molecule has 368 valence electrons. The van der Waals surface area contributed by atoms with E-state index in [1.807, 2.05) is 0 Å². The molecule has 2 aliphatic heterocycles. The topological polar surface area (TPSA) is 178 Å². The zero-order valence-electron chi connectivity index (χ0n) is 38.6. The van der Waals surface area contributed by atoms with Crippen molar-refractivity contribution < 1.29 is 37.1 Å². The van der Waals surface area contributed by atoms with Crippen molar-refractivity contribution in [3.05, 3.63) is 179 Å². The monoisotopic (exact) mass is 1010 g/mol. The fourth-order valence-electron chi connectivity index (χ4n) is 8.39. The van der Waals surface area contributed by atoms with Crippen molar-refractivity contribution in [2.45, 2.75) is 6.18 Å². The molecule has 20 heteroatoms. The lowest BCUT2D eigenvalue weighted by Gasteiger charge is -2.35. The summed E-state index contributed by atoms with van der Waals surface area (Å²) >= 11 is 6.29. The minimum atomic E-state index is -4.63. The van der Waals surface area contributed by atoms with Crippen molar-refractivity contribution in [1.82, 2.24) is 25.3 Å². The summed E-state index contributed by atoms with van der Waals surface area (Å²) in [4.78, 5) is 80.0. The Morgan fingerprint density at radius 2 is 0.973 bits per heavy atom. The summed E-state index contributed by atoms with van der Waals surface area (Å²) in [6.45, 7) is 5.64. The van der Waals surface area contributed by atoms with E-state index in [1.165, 1.54) is 60.7 Å². The molecule has 16 nitrogen and oxygen atoms in total. The van der Waals surface area contributed by atoms with Crippen LogP contribution in [0.4, 0.5) is 57.1 Å². The maximum Gasteiger partial charge on any atom is 0.416 e. The molecule has 3 N–H and O–H groups in total. The lowest BCUT2D eigenvalue weighted by atomic mass is 10.0. The third kappa shape index (κ3) is 10.7. The highest BCUT2D eigenvalue weighted by Gasteiger charge is 2.33. The number of amides is 4. The predicted molar refractivity (Wildman–Crippen MR) is 273 cm³/mol. The molecule has 8 aromatic rings. The second-order valence-corrected chi connectivity index (χ2v) is 17.5. The third-order valence-corrected chi connectivity index (χ3v) is 12.5. The number of rotatable bonds is 10. The molecule has 2 fully saturated rings. The van der Waals surface area contributed by atoms with Crippen LogP contribution in [0.3, 0.4) is 0 Å². The molecular formula is C53H43ClF3N11O5. The van der Waals surface area contributed by atoms with Crippen molar-refractivity contribution in [1.29, 1.82) is 0 Å². The van der Waals surface area contributed by atoms with Crippen LogP contribution < -0.4 is 35.8 Å². The fourth-order valence-corrected chi connectivity index (χ4v) is 8.52. The number of benzene rings is 6. The second-order valence-electron chi connectivity index (χ2n) is 17.0. The molecular weight excluding hydrogens is 963 g/mol. The SMILES string of the molecule is O=C(c1ccc(NC(=O)N(c2ccc(Cl)cc2)N(C(=O)Nc2ccc(C(F)(F)F)cc2)c2ccc(C(=O)c3ccc4ncc(N5CCOCC5)nc4c3)cc2)cc1)c1ccc2ncc(N3CCNCC3)nc2c1. The van der Waals surface area contributed by atoms with E-state index < -0.39 is 23.8 Å². The quantitative estimate of drug-likeness (QED) is 0.0875. The molecule has 0 unspecified atom stereocenters. The van der Waals surface area contributed by atoms with Crippen molar-refractivity contribution in [3.63, 3.8) is 0 Å². The van der Waals surface area contributed by atoms with E-state index in [0.717, 1.165) is 66.3 Å². The van der Waals surface area contributed by atoms with Gasteiger partial charge >= 0.3 is 18.2 Å². The second kappa shape index (κ2) is 20.7. The van der Waals surface area contributed by atoms with Crippen LogP contribution in [0.15, 0.2) is 146 Å². The largest absolute Gasteiger partial charge is 0.416 e. The number of hydrazine groups is 1. The molecule has 6 aromatic carbocycles. The number of carbonyl (C=O) groups is 4. The first kappa shape index (κ1) is 48.1. The lowest BCUT2D eigenvalue weighted by molar-refractivity contribution is -0.137. The predicted octanol–water partition coefficient (Wildman–Crippen LogP) is 9.65. The number of aromatic nitrogens is 4. The van der Waals surface area contributed by atoms with Gasteiger partial charge < -0.3 is 30.5 Å². The number of nitrogens with zero attached hydrogens (tertiary/aromatic N) is 8. The molecule has 0 saturated carbocycles. The first-order valence-corrected chi connectivity index (χ1v) is 23.5. The molecule has 0 spiro atoms. The molecule has 0 bridgehead atoms. The van der Waals surface area contributed by atoms with Crippen molar-refractivity contribution >= 4 is 91.7 Å². The van der Waals surface area contributed by atoms with E-state index >= 15 is 0 Å². The Morgan fingerprint density at radius 1 is 0.548 bits per heavy atom. The number of hydrogen-bond acceptors (Lipinski definition) is 12. The number of anilines is 6. The van der Waals surface area contributed by atoms with Crippen LogP contribution in [0.1, 0.15) is 37.4 Å². The number of morpholine rings is 1. The van der Waals surface area contributed by atoms with Crippen molar-refractivity contribution in [2.24, 2.45) is 0 Å². The summed E-state index contributed by atoms with van der Waals surface area (Å²) in [5.74, 6) is 0.725. The van der Waals surface area contributed by atoms with E-state index in [9.17, 15) is 32.3 Å². The summed E-state index contributed by atoms with van der Waals surface area (Å²) in [5.41, 5.74) is 3.11. The zero-order chi connectivity index (χ0) is 50.6. The lowest BCUT2D eigenvalue weighted by Crippen LogP contribution is -2.54. The molecule has 2 saturated heterocycles. The van der Waals surface area contributed by atoms with Crippen LogP contribution in [0.5, 0.6) is 0 Å². The summed E-state index contributed by atoms with van der Waals surface area (Å²) < 4.78 is 46.0. The molecule has 0 radical (unpaired) electrons. The summed E-state index contributed by atoms with van der Waals surface area (Å²) in [7, 11) is 0. The molecule has 4 heterocycles. The van der Waals surface area contributed by atoms with Gasteiger partial charge in [-0.15, -0.1) is 0 Å². The number of ether oxygens (including phenoxy) is 1. The standard InChI is InChI=1S/C53H43ClF3N11O5/c54-38-9-17-42(18-10-38)68(51(71)61-39-11-1-33(2-12-39)49(69)35-5-19-43-45(29-35)63-47(31-59-43)65-23-21-58-22-24-65)67(52(72)62-40-13-7-37(8-14-40)53(55,56)57)41-15-3-34(4-16-41)50(70)36-6-20-44-46(30-36)64-48(32-60-44)66-25-27-73-28-26-66/h1-20,29-32,58H,21-28H2,(H,61,71)(H,62,72). The highest BCUT2D eigenvalue weighted by Crippen LogP contribution is 2.32. The van der Waals surface area contributed by atoms with Crippen LogP contribution in [0, 0.1) is 0 Å². The number of alkyl halides is 3. The van der Waals surface area contributed by atoms with Gasteiger partial charge in [0.1, 0.15) is 11.6 Å². The number of fused-ring (bicyclic) bond motifs is 2. The van der Waals surface area contributed by atoms with Crippen LogP contribution in [0.2, 0.25) is 5.02 Å². The van der Waals surface area contributed by atoms with Gasteiger partial charge in [-0.2, -0.15) is 23.2 Å². The molecule has 4 amide bonds. The molecule has 73 heavy (non-hydrogen) atoms. The number of urea groups is 2. The third-order valence-electron chi connectivity index (χ3n) is 12.3. The fraction of sp³-hybridized carbons (Fsp3) is 0.170. The number of carbonyl (C=O) groups excluding carboxylic acids is 4. The maximum atomic E-state index is 14.7. The number of hydrogen-bond donors (Lipinski definition) is 3. The van der Waals surface area contributed by atoms with Gasteiger partial charge in [0.2, 0.25) is 0 Å². The van der Waals surface area contributed by atoms with E-state index in [-0.39, 0.29) is 39.9 Å². The Balaban J connectivity index is 0.940. The van der Waals surface area contributed by atoms with Gasteiger partial charge in [-0.3, -0.25) is 19.6 Å². The zero-order valence-corrected chi connectivity index (χ0v) is 39.4. The van der Waals surface area contributed by atoms with Gasteiger partial charge in [0.25, 0.3) is 0 Å².